The predicted molar refractivity (Wildman–Crippen MR) is 101 cm³/mol. The van der Waals surface area contributed by atoms with Crippen molar-refractivity contribution in [2.45, 2.75) is 33.4 Å². The molecule has 0 atom stereocenters. The molecule has 0 N–H and O–H groups in total. The highest BCUT2D eigenvalue weighted by atomic mass is 32.1. The summed E-state index contributed by atoms with van der Waals surface area (Å²) >= 11 is 1.36. The molecule has 3 aromatic rings. The first-order chi connectivity index (χ1) is 12.0. The minimum atomic E-state index is -0.299. The number of anilines is 1. The predicted octanol–water partition coefficient (Wildman–Crippen LogP) is 4.20. The molecule has 2 aromatic heterocycles. The number of fused-ring (bicyclic) bond motifs is 1. The number of rotatable bonds is 5. The average molecular weight is 355 g/mol. The Bertz CT molecular complexity index is 890. The van der Waals surface area contributed by atoms with E-state index in [1.54, 1.807) is 6.33 Å². The number of carbonyl (C=O) groups is 1. The van der Waals surface area contributed by atoms with Gasteiger partial charge >= 0.3 is 5.97 Å². The minimum Gasteiger partial charge on any atom is -0.459 e. The molecule has 2 heterocycles. The number of thiophene rings is 1. The molecule has 0 spiro atoms. The van der Waals surface area contributed by atoms with Crippen LogP contribution in [0.25, 0.3) is 10.2 Å². The summed E-state index contributed by atoms with van der Waals surface area (Å²) in [4.78, 5) is 24.6. The molecule has 0 saturated heterocycles. The molecule has 0 aliphatic rings. The van der Waals surface area contributed by atoms with Crippen molar-refractivity contribution in [2.24, 2.45) is 0 Å². The molecule has 5 nitrogen and oxygen atoms in total. The van der Waals surface area contributed by atoms with E-state index in [0.29, 0.717) is 4.88 Å². The lowest BCUT2D eigenvalue weighted by Crippen LogP contribution is -2.18. The van der Waals surface area contributed by atoms with Crippen molar-refractivity contribution in [3.8, 4) is 0 Å². The van der Waals surface area contributed by atoms with Gasteiger partial charge in [-0.2, -0.15) is 0 Å². The van der Waals surface area contributed by atoms with Crippen LogP contribution >= 0.6 is 11.3 Å². The third-order valence-electron chi connectivity index (χ3n) is 3.86. The van der Waals surface area contributed by atoms with Gasteiger partial charge in [0.15, 0.2) is 0 Å². The zero-order valence-corrected chi connectivity index (χ0v) is 15.6. The monoisotopic (exact) mass is 355 g/mol. The first-order valence-electron chi connectivity index (χ1n) is 8.17. The van der Waals surface area contributed by atoms with Gasteiger partial charge in [0.05, 0.1) is 11.5 Å². The van der Waals surface area contributed by atoms with Crippen molar-refractivity contribution in [3.05, 3.63) is 52.7 Å². The molecule has 130 valence electrons. The fourth-order valence-corrected chi connectivity index (χ4v) is 3.76. The number of esters is 1. The van der Waals surface area contributed by atoms with Crippen molar-refractivity contribution in [2.75, 3.05) is 11.9 Å². The summed E-state index contributed by atoms with van der Waals surface area (Å²) in [5.41, 5.74) is 2.07. The molecule has 25 heavy (non-hydrogen) atoms. The lowest BCUT2D eigenvalue weighted by Gasteiger charge is -2.19. The number of hydrogen-bond donors (Lipinski definition) is 0. The molecule has 0 fully saturated rings. The molecule has 1 aromatic carbocycles. The smallest absolute Gasteiger partial charge is 0.348 e. The van der Waals surface area contributed by atoms with E-state index in [0.717, 1.165) is 28.1 Å². The maximum Gasteiger partial charge on any atom is 0.348 e. The molecule has 0 radical (unpaired) electrons. The van der Waals surface area contributed by atoms with Gasteiger partial charge in [0.2, 0.25) is 0 Å². The second-order valence-electron chi connectivity index (χ2n) is 6.23. The van der Waals surface area contributed by atoms with E-state index < -0.39 is 0 Å². The van der Waals surface area contributed by atoms with E-state index in [1.165, 1.54) is 16.9 Å². The first-order valence-corrected chi connectivity index (χ1v) is 8.99. The van der Waals surface area contributed by atoms with E-state index in [9.17, 15) is 4.79 Å². The molecular formula is C19H21N3O2S. The Morgan fingerprint density at radius 2 is 1.96 bits per heavy atom. The van der Waals surface area contributed by atoms with Crippen LogP contribution in [-0.2, 0) is 11.3 Å². The van der Waals surface area contributed by atoms with Gasteiger partial charge < -0.3 is 9.64 Å². The number of carbonyl (C=O) groups excluding carboxylic acids is 1. The summed E-state index contributed by atoms with van der Waals surface area (Å²) in [6.45, 7) is 6.35. The molecule has 0 unspecified atom stereocenters. The van der Waals surface area contributed by atoms with Crippen molar-refractivity contribution in [3.63, 3.8) is 0 Å². The Balaban J connectivity index is 1.99. The summed E-state index contributed by atoms with van der Waals surface area (Å²) in [6.07, 6.45) is 1.40. The van der Waals surface area contributed by atoms with Crippen LogP contribution in [0.3, 0.4) is 0 Å². The summed E-state index contributed by atoms with van der Waals surface area (Å²) in [5.74, 6) is 0.526. The molecule has 0 bridgehead atoms. The van der Waals surface area contributed by atoms with Gasteiger partial charge in [-0.05, 0) is 31.9 Å². The maximum absolute atomic E-state index is 12.3. The van der Waals surface area contributed by atoms with Gasteiger partial charge in [0.25, 0.3) is 0 Å². The van der Waals surface area contributed by atoms with Crippen molar-refractivity contribution in [1.29, 1.82) is 0 Å². The third kappa shape index (κ3) is 3.64. The number of aryl methyl sites for hydroxylation is 1. The van der Waals surface area contributed by atoms with Crippen LogP contribution in [0.4, 0.5) is 5.82 Å². The highest BCUT2D eigenvalue weighted by Gasteiger charge is 2.22. The van der Waals surface area contributed by atoms with Crippen LogP contribution in [0.1, 0.15) is 34.6 Å². The molecule has 0 saturated carbocycles. The summed E-state index contributed by atoms with van der Waals surface area (Å²) in [7, 11) is 2.00. The van der Waals surface area contributed by atoms with E-state index in [4.69, 9.17) is 4.74 Å². The van der Waals surface area contributed by atoms with Crippen LogP contribution in [0.5, 0.6) is 0 Å². The van der Waals surface area contributed by atoms with E-state index >= 15 is 0 Å². The molecular weight excluding hydrogens is 334 g/mol. The van der Waals surface area contributed by atoms with Crippen LogP contribution in [-0.4, -0.2) is 29.1 Å². The van der Waals surface area contributed by atoms with Crippen LogP contribution < -0.4 is 4.90 Å². The zero-order chi connectivity index (χ0) is 18.0. The second-order valence-corrected chi connectivity index (χ2v) is 7.23. The highest BCUT2D eigenvalue weighted by Crippen LogP contribution is 2.35. The lowest BCUT2D eigenvalue weighted by atomic mass is 10.1. The Hall–Kier alpha value is -2.47. The standard InChI is InChI=1S/C19H21N3O2S/c1-12(2)24-19(23)16-13(3)15-17(20-11-21-18(15)25-16)22(4)10-14-8-6-5-7-9-14/h5-9,11-12H,10H2,1-4H3. The van der Waals surface area contributed by atoms with Gasteiger partial charge in [-0.25, -0.2) is 14.8 Å². The van der Waals surface area contributed by atoms with E-state index in [2.05, 4.69) is 27.0 Å². The van der Waals surface area contributed by atoms with Gasteiger partial charge in [-0.1, -0.05) is 30.3 Å². The number of hydrogen-bond acceptors (Lipinski definition) is 6. The third-order valence-corrected chi connectivity index (χ3v) is 5.04. The SMILES string of the molecule is Cc1c(C(=O)OC(C)C)sc2ncnc(N(C)Cc3ccccc3)c12. The van der Waals surface area contributed by atoms with Crippen molar-refractivity contribution in [1.82, 2.24) is 9.97 Å². The molecule has 0 amide bonds. The van der Waals surface area contributed by atoms with E-state index in [1.807, 2.05) is 46.0 Å². The van der Waals surface area contributed by atoms with Gasteiger partial charge in [-0.3, -0.25) is 0 Å². The van der Waals surface area contributed by atoms with Crippen molar-refractivity contribution < 1.29 is 9.53 Å². The fraction of sp³-hybridized carbons (Fsp3) is 0.316. The minimum absolute atomic E-state index is 0.150. The molecule has 6 heteroatoms. The van der Waals surface area contributed by atoms with Crippen molar-refractivity contribution >= 4 is 33.3 Å². The quantitative estimate of drug-likeness (QED) is 0.642. The van der Waals surface area contributed by atoms with Crippen LogP contribution in [0.2, 0.25) is 0 Å². The number of nitrogens with zero attached hydrogens (tertiary/aromatic N) is 3. The van der Waals surface area contributed by atoms with Gasteiger partial charge in [-0.15, -0.1) is 11.3 Å². The van der Waals surface area contributed by atoms with E-state index in [-0.39, 0.29) is 12.1 Å². The Morgan fingerprint density at radius 3 is 2.64 bits per heavy atom. The fourth-order valence-electron chi connectivity index (χ4n) is 2.74. The largest absolute Gasteiger partial charge is 0.459 e. The molecule has 0 aliphatic heterocycles. The summed E-state index contributed by atoms with van der Waals surface area (Å²) in [5, 5.41) is 0.918. The molecule has 0 aliphatic carbocycles. The Labute approximate surface area is 151 Å². The Morgan fingerprint density at radius 1 is 1.24 bits per heavy atom. The van der Waals surface area contributed by atoms with Crippen LogP contribution in [0, 0.1) is 6.92 Å². The van der Waals surface area contributed by atoms with Gasteiger partial charge in [0.1, 0.15) is 21.9 Å². The lowest BCUT2D eigenvalue weighted by molar-refractivity contribution is 0.0383. The summed E-state index contributed by atoms with van der Waals surface area (Å²) in [6, 6.07) is 10.2. The zero-order valence-electron chi connectivity index (χ0n) is 14.8. The topological polar surface area (TPSA) is 55.3 Å². The van der Waals surface area contributed by atoms with Gasteiger partial charge in [0, 0.05) is 13.6 Å². The maximum atomic E-state index is 12.3. The summed E-state index contributed by atoms with van der Waals surface area (Å²) < 4.78 is 5.35. The Kier molecular flexibility index (Phi) is 4.99. The first kappa shape index (κ1) is 17.4. The number of aromatic nitrogens is 2. The molecule has 3 rings (SSSR count). The van der Waals surface area contributed by atoms with Crippen LogP contribution in [0.15, 0.2) is 36.7 Å². The number of benzene rings is 1. The number of ether oxygens (including phenoxy) is 1. The normalized spacial score (nSPS) is 11.1. The average Bonchev–Trinajstić information content (AvgIpc) is 2.92. The second kappa shape index (κ2) is 7.19. The highest BCUT2D eigenvalue weighted by molar-refractivity contribution is 7.20.